The molecule has 3 nitrogen and oxygen atoms in total. The first-order valence-corrected chi connectivity index (χ1v) is 5.30. The summed E-state index contributed by atoms with van der Waals surface area (Å²) in [5, 5.41) is 5.20. The van der Waals surface area contributed by atoms with E-state index in [0.717, 1.165) is 0 Å². The van der Waals surface area contributed by atoms with Gasteiger partial charge in [-0.2, -0.15) is 0 Å². The lowest BCUT2D eigenvalue weighted by atomic mass is 10.3. The fourth-order valence-corrected chi connectivity index (χ4v) is 0.741. The van der Waals surface area contributed by atoms with Gasteiger partial charge >= 0.3 is 0 Å². The second-order valence-corrected chi connectivity index (χ2v) is 2.97. The molecule has 1 unspecified atom stereocenters. The minimum Gasteiger partial charge on any atom is -0.760 e. The first-order chi connectivity index (χ1) is 4.65. The second-order valence-electron chi connectivity index (χ2n) is 1.66. The van der Waals surface area contributed by atoms with E-state index in [-0.39, 0.29) is 0 Å². The number of hydrogen-bond donors (Lipinski definition) is 1. The molecular formula is C5H13BrNO2S-. The molecule has 0 saturated heterocycles. The summed E-state index contributed by atoms with van der Waals surface area (Å²) in [5.41, 5.74) is 0. The lowest BCUT2D eigenvalue weighted by molar-refractivity contribution is 0.539. The molecule has 0 aliphatic rings. The van der Waals surface area contributed by atoms with Crippen molar-refractivity contribution in [2.24, 2.45) is 5.14 Å². The van der Waals surface area contributed by atoms with Crippen molar-refractivity contribution in [2.75, 3.05) is 5.33 Å². The molecule has 0 rings (SSSR count). The zero-order valence-electron chi connectivity index (χ0n) is 6.01. The van der Waals surface area contributed by atoms with Crippen LogP contribution in [0, 0.1) is 0 Å². The van der Waals surface area contributed by atoms with Gasteiger partial charge < -0.3 is 4.55 Å². The molecule has 0 aliphatic carbocycles. The number of halogens is 1. The lowest BCUT2D eigenvalue weighted by Gasteiger charge is -1.85. The summed E-state index contributed by atoms with van der Waals surface area (Å²) in [6, 6.07) is 0. The molecule has 0 aromatic carbocycles. The molecule has 0 fully saturated rings. The van der Waals surface area contributed by atoms with E-state index in [9.17, 15) is 0 Å². The minimum atomic E-state index is -2.36. The Morgan fingerprint density at radius 3 is 2.10 bits per heavy atom. The van der Waals surface area contributed by atoms with Crippen molar-refractivity contribution >= 4 is 27.2 Å². The van der Waals surface area contributed by atoms with Crippen molar-refractivity contribution in [2.45, 2.75) is 26.2 Å². The molecule has 2 N–H and O–H groups in total. The van der Waals surface area contributed by atoms with Crippen molar-refractivity contribution in [3.05, 3.63) is 0 Å². The number of nitrogens with two attached hydrogens (primary N) is 1. The topological polar surface area (TPSA) is 66.2 Å². The van der Waals surface area contributed by atoms with E-state index in [1.54, 1.807) is 0 Å². The van der Waals surface area contributed by atoms with E-state index >= 15 is 0 Å². The highest BCUT2D eigenvalue weighted by Gasteiger charge is 1.76. The highest BCUT2D eigenvalue weighted by molar-refractivity contribution is 9.09. The molecule has 0 aromatic heterocycles. The van der Waals surface area contributed by atoms with Crippen LogP contribution in [0.15, 0.2) is 0 Å². The maximum Gasteiger partial charge on any atom is 0.0152 e. The van der Waals surface area contributed by atoms with Gasteiger partial charge in [0.25, 0.3) is 0 Å². The summed E-state index contributed by atoms with van der Waals surface area (Å²) in [7, 11) is 0. The van der Waals surface area contributed by atoms with Crippen LogP contribution < -0.4 is 5.14 Å². The Bertz CT molecular complexity index is 74.0. The monoisotopic (exact) mass is 230 g/mol. The molecule has 1 atom stereocenters. The van der Waals surface area contributed by atoms with Crippen LogP contribution in [0.25, 0.3) is 0 Å². The number of hydrogen-bond acceptors (Lipinski definition) is 2. The predicted molar refractivity (Wildman–Crippen MR) is 46.4 cm³/mol. The normalized spacial score (nSPS) is 11.6. The average Bonchev–Trinajstić information content (AvgIpc) is 1.82. The summed E-state index contributed by atoms with van der Waals surface area (Å²) >= 11 is 0.989. The Balaban J connectivity index is 0. The molecule has 0 saturated carbocycles. The highest BCUT2D eigenvalue weighted by Crippen LogP contribution is 1.95. The summed E-state index contributed by atoms with van der Waals surface area (Å²) in [4.78, 5) is 0. The fraction of sp³-hybridized carbons (Fsp3) is 1.00. The molecule has 0 bridgehead atoms. The third-order valence-corrected chi connectivity index (χ3v) is 1.30. The van der Waals surface area contributed by atoms with Gasteiger partial charge in [-0.15, -0.1) is 0 Å². The standard InChI is InChI=1S/C5H11Br.H3NO2S/c1-2-3-4-5-6;1-4(2)3/h2-5H2,1H3;1H2,(H,2,3)/p-1. The Labute approximate surface area is 72.9 Å². The van der Waals surface area contributed by atoms with Crippen LogP contribution in [-0.4, -0.2) is 14.1 Å². The molecule has 0 heterocycles. The predicted octanol–water partition coefficient (Wildman–Crippen LogP) is 1.31. The number of unbranched alkanes of at least 4 members (excludes halogenated alkanes) is 2. The van der Waals surface area contributed by atoms with Gasteiger partial charge in [0.15, 0.2) is 0 Å². The van der Waals surface area contributed by atoms with Gasteiger partial charge in [0.05, 0.1) is 0 Å². The van der Waals surface area contributed by atoms with E-state index < -0.39 is 11.3 Å². The SMILES string of the molecule is CCCCCBr.NS(=O)[O-]. The van der Waals surface area contributed by atoms with Gasteiger partial charge in [0.1, 0.15) is 0 Å². The van der Waals surface area contributed by atoms with Crippen LogP contribution in [0.1, 0.15) is 26.2 Å². The van der Waals surface area contributed by atoms with E-state index in [2.05, 4.69) is 28.0 Å². The third-order valence-electron chi connectivity index (χ3n) is 0.737. The Morgan fingerprint density at radius 2 is 2.00 bits per heavy atom. The van der Waals surface area contributed by atoms with Crippen molar-refractivity contribution in [1.82, 2.24) is 0 Å². The first kappa shape index (κ1) is 13.2. The quantitative estimate of drug-likeness (QED) is 0.452. The Hall–Kier alpha value is 0.550. The largest absolute Gasteiger partial charge is 0.760 e. The average molecular weight is 231 g/mol. The lowest BCUT2D eigenvalue weighted by Crippen LogP contribution is -1.97. The first-order valence-electron chi connectivity index (χ1n) is 3.04. The van der Waals surface area contributed by atoms with Crippen LogP contribution in [0.4, 0.5) is 0 Å². The maximum atomic E-state index is 8.78. The summed E-state index contributed by atoms with van der Waals surface area (Å²) in [5.74, 6) is 0. The van der Waals surface area contributed by atoms with Crippen molar-refractivity contribution < 1.29 is 8.76 Å². The van der Waals surface area contributed by atoms with Gasteiger partial charge in [0.2, 0.25) is 0 Å². The van der Waals surface area contributed by atoms with Gasteiger partial charge in [-0.05, 0) is 6.42 Å². The zero-order chi connectivity index (χ0) is 8.41. The number of alkyl halides is 1. The van der Waals surface area contributed by atoms with E-state index in [4.69, 9.17) is 8.76 Å². The fourth-order valence-electron chi connectivity index (χ4n) is 0.344. The van der Waals surface area contributed by atoms with Crippen LogP contribution in [0.2, 0.25) is 0 Å². The summed E-state index contributed by atoms with van der Waals surface area (Å²) in [6.07, 6.45) is 4.02. The van der Waals surface area contributed by atoms with Crippen LogP contribution in [0.5, 0.6) is 0 Å². The molecule has 0 spiro atoms. The van der Waals surface area contributed by atoms with Crippen LogP contribution >= 0.6 is 15.9 Å². The molecular weight excluding hydrogens is 218 g/mol. The van der Waals surface area contributed by atoms with Crippen LogP contribution in [-0.2, 0) is 11.3 Å². The van der Waals surface area contributed by atoms with Crippen molar-refractivity contribution in [3.63, 3.8) is 0 Å². The Kier molecular flexibility index (Phi) is 16.1. The zero-order valence-corrected chi connectivity index (χ0v) is 8.41. The van der Waals surface area contributed by atoms with E-state index in [0.29, 0.717) is 0 Å². The molecule has 0 amide bonds. The maximum absolute atomic E-state index is 8.78. The van der Waals surface area contributed by atoms with Gasteiger partial charge in [-0.25, -0.2) is 0 Å². The second kappa shape index (κ2) is 12.2. The van der Waals surface area contributed by atoms with E-state index in [1.807, 2.05) is 0 Å². The minimum absolute atomic E-state index is 1.17. The van der Waals surface area contributed by atoms with E-state index in [1.165, 1.54) is 24.6 Å². The van der Waals surface area contributed by atoms with Crippen LogP contribution in [0.3, 0.4) is 0 Å². The molecule has 64 valence electrons. The third kappa shape index (κ3) is 38.7. The molecule has 0 radical (unpaired) electrons. The van der Waals surface area contributed by atoms with Gasteiger partial charge in [-0.1, -0.05) is 35.7 Å². The number of rotatable bonds is 3. The highest BCUT2D eigenvalue weighted by atomic mass is 79.9. The molecule has 0 aromatic rings. The summed E-state index contributed by atoms with van der Waals surface area (Å²) < 4.78 is 17.6. The van der Waals surface area contributed by atoms with Crippen molar-refractivity contribution in [1.29, 1.82) is 0 Å². The molecule has 10 heavy (non-hydrogen) atoms. The van der Waals surface area contributed by atoms with Gasteiger partial charge in [-0.3, -0.25) is 9.35 Å². The van der Waals surface area contributed by atoms with Crippen molar-refractivity contribution in [3.8, 4) is 0 Å². The smallest absolute Gasteiger partial charge is 0.0152 e. The molecule has 5 heteroatoms. The Morgan fingerprint density at radius 1 is 1.60 bits per heavy atom. The van der Waals surface area contributed by atoms with Gasteiger partial charge in [0, 0.05) is 16.6 Å². The molecule has 0 aliphatic heterocycles. The summed E-state index contributed by atoms with van der Waals surface area (Å²) in [6.45, 7) is 2.21.